The van der Waals surface area contributed by atoms with Gasteiger partial charge in [-0.05, 0) is 7.05 Å². The minimum Gasteiger partial charge on any atom is -0.304 e. The topological polar surface area (TPSA) is 37.4 Å². The molecule has 0 rings (SSSR count). The molecule has 0 heterocycles. The highest BCUT2D eigenvalue weighted by Crippen LogP contribution is 1.89. The Hall–Kier alpha value is -0.530. The molecule has 0 radical (unpaired) electrons. The van der Waals surface area contributed by atoms with Crippen LogP contribution in [-0.2, 0) is 9.84 Å². The van der Waals surface area contributed by atoms with Crippen molar-refractivity contribution in [3.63, 3.8) is 0 Å². The number of hydrogen-bond donors (Lipinski definition) is 0. The Balaban J connectivity index is 3.59. The number of rotatable bonds is 5. The van der Waals surface area contributed by atoms with Crippen molar-refractivity contribution in [2.45, 2.75) is 6.42 Å². The van der Waals surface area contributed by atoms with Gasteiger partial charge in [-0.15, -0.1) is 12.3 Å². The second-order valence-corrected chi connectivity index (χ2v) is 5.15. The molecule has 4 heteroatoms. The van der Waals surface area contributed by atoms with E-state index >= 15 is 0 Å². The predicted octanol–water partition coefficient (Wildman–Crippen LogP) is -0.0139. The van der Waals surface area contributed by atoms with E-state index in [0.717, 1.165) is 6.54 Å². The lowest BCUT2D eigenvalue weighted by atomic mass is 10.4. The van der Waals surface area contributed by atoms with Crippen LogP contribution in [0.4, 0.5) is 0 Å². The molecule has 0 aliphatic rings. The van der Waals surface area contributed by atoms with E-state index in [1.807, 2.05) is 11.9 Å². The van der Waals surface area contributed by atoms with Crippen molar-refractivity contribution in [3.8, 4) is 12.3 Å². The van der Waals surface area contributed by atoms with E-state index in [-0.39, 0.29) is 5.75 Å². The molecule has 0 unspecified atom stereocenters. The molecule has 0 saturated heterocycles. The molecule has 70 valence electrons. The van der Waals surface area contributed by atoms with Gasteiger partial charge in [0, 0.05) is 25.8 Å². The Morgan fingerprint density at radius 1 is 1.42 bits per heavy atom. The Morgan fingerprint density at radius 3 is 2.42 bits per heavy atom. The van der Waals surface area contributed by atoms with Crippen LogP contribution in [-0.4, -0.2) is 45.5 Å². The minimum absolute atomic E-state index is 0.202. The lowest BCUT2D eigenvalue weighted by molar-refractivity contribution is 0.362. The first-order chi connectivity index (χ1) is 5.45. The highest BCUT2D eigenvalue weighted by Gasteiger charge is 2.04. The molecule has 0 aromatic rings. The van der Waals surface area contributed by atoms with Crippen molar-refractivity contribution in [2.24, 2.45) is 0 Å². The molecule has 0 fully saturated rings. The van der Waals surface area contributed by atoms with Crippen LogP contribution in [0.3, 0.4) is 0 Å². The van der Waals surface area contributed by atoms with E-state index in [4.69, 9.17) is 6.42 Å². The second kappa shape index (κ2) is 5.18. The second-order valence-electron chi connectivity index (χ2n) is 2.89. The summed E-state index contributed by atoms with van der Waals surface area (Å²) in [6.45, 7) is 1.31. The Labute approximate surface area is 74.7 Å². The van der Waals surface area contributed by atoms with Gasteiger partial charge in [0.15, 0.2) is 0 Å². The van der Waals surface area contributed by atoms with Crippen molar-refractivity contribution in [2.75, 3.05) is 32.1 Å². The predicted molar refractivity (Wildman–Crippen MR) is 50.7 cm³/mol. The number of hydrogen-bond acceptors (Lipinski definition) is 3. The number of sulfone groups is 1. The fourth-order valence-corrected chi connectivity index (χ4v) is 1.33. The van der Waals surface area contributed by atoms with Gasteiger partial charge in [0.25, 0.3) is 0 Å². The maximum atomic E-state index is 10.7. The summed E-state index contributed by atoms with van der Waals surface area (Å²) < 4.78 is 21.5. The first kappa shape index (κ1) is 11.5. The van der Waals surface area contributed by atoms with Crippen LogP contribution in [0.5, 0.6) is 0 Å². The van der Waals surface area contributed by atoms with Gasteiger partial charge in [-0.3, -0.25) is 0 Å². The third kappa shape index (κ3) is 7.58. The average Bonchev–Trinajstić information content (AvgIpc) is 1.95. The molecular weight excluding hydrogens is 174 g/mol. The van der Waals surface area contributed by atoms with Gasteiger partial charge in [0.1, 0.15) is 9.84 Å². The Morgan fingerprint density at radius 2 is 2.00 bits per heavy atom. The third-order valence-electron chi connectivity index (χ3n) is 1.48. The van der Waals surface area contributed by atoms with Crippen molar-refractivity contribution in [1.82, 2.24) is 4.90 Å². The molecule has 0 aromatic carbocycles. The zero-order chi connectivity index (χ0) is 9.61. The van der Waals surface area contributed by atoms with Gasteiger partial charge in [0.05, 0.1) is 5.75 Å². The molecule has 0 aliphatic heterocycles. The van der Waals surface area contributed by atoms with Gasteiger partial charge in [-0.25, -0.2) is 8.42 Å². The van der Waals surface area contributed by atoms with Crippen LogP contribution in [0.25, 0.3) is 0 Å². The quantitative estimate of drug-likeness (QED) is 0.571. The largest absolute Gasteiger partial charge is 0.304 e. The summed E-state index contributed by atoms with van der Waals surface area (Å²) in [5.41, 5.74) is 0. The minimum atomic E-state index is -2.84. The van der Waals surface area contributed by atoms with E-state index < -0.39 is 9.84 Å². The van der Waals surface area contributed by atoms with E-state index in [2.05, 4.69) is 5.92 Å². The van der Waals surface area contributed by atoms with Crippen LogP contribution in [0.2, 0.25) is 0 Å². The molecule has 12 heavy (non-hydrogen) atoms. The zero-order valence-electron chi connectivity index (χ0n) is 7.58. The van der Waals surface area contributed by atoms with Crippen molar-refractivity contribution in [3.05, 3.63) is 0 Å². The van der Waals surface area contributed by atoms with Crippen molar-refractivity contribution < 1.29 is 8.42 Å². The van der Waals surface area contributed by atoms with Gasteiger partial charge >= 0.3 is 0 Å². The maximum absolute atomic E-state index is 10.7. The highest BCUT2D eigenvalue weighted by atomic mass is 32.2. The van der Waals surface area contributed by atoms with E-state index in [1.165, 1.54) is 6.26 Å². The smallest absolute Gasteiger partial charge is 0.148 e. The molecule has 0 N–H and O–H groups in total. The molecule has 0 amide bonds. The molecule has 0 atom stereocenters. The average molecular weight is 189 g/mol. The van der Waals surface area contributed by atoms with Gasteiger partial charge in [0.2, 0.25) is 0 Å². The van der Waals surface area contributed by atoms with Gasteiger partial charge < -0.3 is 4.90 Å². The molecule has 0 aliphatic carbocycles. The SMILES string of the molecule is C#CCCN(C)CCS(C)(=O)=O. The fraction of sp³-hybridized carbons (Fsp3) is 0.750. The Kier molecular flexibility index (Phi) is 4.95. The van der Waals surface area contributed by atoms with E-state index in [9.17, 15) is 8.42 Å². The van der Waals surface area contributed by atoms with Gasteiger partial charge in [-0.2, -0.15) is 0 Å². The molecule has 0 aromatic heterocycles. The molecular formula is C8H15NO2S. The zero-order valence-corrected chi connectivity index (χ0v) is 8.39. The number of terminal acetylenes is 1. The first-order valence-corrected chi connectivity index (χ1v) is 5.81. The Bertz CT molecular complexity index is 251. The van der Waals surface area contributed by atoms with Crippen LogP contribution in [0.15, 0.2) is 0 Å². The fourth-order valence-electron chi connectivity index (χ4n) is 0.689. The molecule has 0 saturated carbocycles. The summed E-state index contributed by atoms with van der Waals surface area (Å²) >= 11 is 0. The van der Waals surface area contributed by atoms with Crippen LogP contribution in [0.1, 0.15) is 6.42 Å². The van der Waals surface area contributed by atoms with Crippen LogP contribution < -0.4 is 0 Å². The van der Waals surface area contributed by atoms with Gasteiger partial charge in [-0.1, -0.05) is 0 Å². The van der Waals surface area contributed by atoms with E-state index in [1.54, 1.807) is 0 Å². The number of nitrogens with zero attached hydrogens (tertiary/aromatic N) is 1. The summed E-state index contributed by atoms with van der Waals surface area (Å²) in [6, 6.07) is 0. The summed E-state index contributed by atoms with van der Waals surface area (Å²) in [5, 5.41) is 0. The highest BCUT2D eigenvalue weighted by molar-refractivity contribution is 7.90. The molecule has 0 bridgehead atoms. The maximum Gasteiger partial charge on any atom is 0.148 e. The third-order valence-corrected chi connectivity index (χ3v) is 2.41. The standard InChI is InChI=1S/C8H15NO2S/c1-4-5-6-9(2)7-8-12(3,10)11/h1H,5-8H2,2-3H3. The summed E-state index contributed by atoms with van der Waals surface area (Å²) in [6.07, 6.45) is 6.97. The molecule has 3 nitrogen and oxygen atoms in total. The summed E-state index contributed by atoms with van der Waals surface area (Å²) in [4.78, 5) is 1.92. The van der Waals surface area contributed by atoms with E-state index in [0.29, 0.717) is 13.0 Å². The van der Waals surface area contributed by atoms with Crippen LogP contribution >= 0.6 is 0 Å². The monoisotopic (exact) mass is 189 g/mol. The first-order valence-electron chi connectivity index (χ1n) is 3.75. The lowest BCUT2D eigenvalue weighted by Crippen LogP contribution is -2.26. The summed E-state index contributed by atoms with van der Waals surface area (Å²) in [5.74, 6) is 2.71. The summed E-state index contributed by atoms with van der Waals surface area (Å²) in [7, 11) is -0.974. The molecule has 0 spiro atoms. The van der Waals surface area contributed by atoms with Crippen molar-refractivity contribution >= 4 is 9.84 Å². The normalized spacial score (nSPS) is 11.5. The van der Waals surface area contributed by atoms with Crippen molar-refractivity contribution in [1.29, 1.82) is 0 Å². The lowest BCUT2D eigenvalue weighted by Gasteiger charge is -2.13. The van der Waals surface area contributed by atoms with Crippen LogP contribution in [0, 0.1) is 12.3 Å².